The molecule has 0 heterocycles. The molecular formula is C11H22O4. The highest BCUT2D eigenvalue weighted by Crippen LogP contribution is 1.99. The number of esters is 1. The van der Waals surface area contributed by atoms with Crippen LogP contribution in [0.2, 0.25) is 0 Å². The van der Waals surface area contributed by atoms with Crippen LogP contribution in [0.25, 0.3) is 0 Å². The minimum Gasteiger partial charge on any atom is -0.463 e. The van der Waals surface area contributed by atoms with Crippen molar-refractivity contribution in [1.82, 2.24) is 0 Å². The predicted molar refractivity (Wildman–Crippen MR) is 57.7 cm³/mol. The summed E-state index contributed by atoms with van der Waals surface area (Å²) in [4.78, 5) is 10.4. The predicted octanol–water partition coefficient (Wildman–Crippen LogP) is 1.63. The molecule has 0 amide bonds. The average Bonchev–Trinajstić information content (AvgIpc) is 2.21. The van der Waals surface area contributed by atoms with Gasteiger partial charge in [-0.1, -0.05) is 20.3 Å². The summed E-state index contributed by atoms with van der Waals surface area (Å²) in [6, 6.07) is 0. The first kappa shape index (κ1) is 14.4. The Hall–Kier alpha value is -0.610. The molecule has 0 spiro atoms. The van der Waals surface area contributed by atoms with Crippen molar-refractivity contribution in [2.45, 2.75) is 27.2 Å². The quantitative estimate of drug-likeness (QED) is 0.436. The highest BCUT2D eigenvalue weighted by molar-refractivity contribution is 5.65. The van der Waals surface area contributed by atoms with E-state index in [0.717, 1.165) is 13.0 Å². The smallest absolute Gasteiger partial charge is 0.302 e. The van der Waals surface area contributed by atoms with Gasteiger partial charge in [-0.25, -0.2) is 0 Å². The van der Waals surface area contributed by atoms with E-state index in [-0.39, 0.29) is 5.97 Å². The molecule has 1 unspecified atom stereocenters. The molecule has 0 aliphatic rings. The molecule has 0 bridgehead atoms. The topological polar surface area (TPSA) is 44.8 Å². The van der Waals surface area contributed by atoms with Gasteiger partial charge in [-0.3, -0.25) is 4.79 Å². The molecule has 4 heteroatoms. The van der Waals surface area contributed by atoms with Crippen LogP contribution in [0.3, 0.4) is 0 Å². The minimum atomic E-state index is -0.272. The van der Waals surface area contributed by atoms with Gasteiger partial charge in [-0.15, -0.1) is 0 Å². The normalized spacial score (nSPS) is 12.5. The Morgan fingerprint density at radius 1 is 1.13 bits per heavy atom. The summed E-state index contributed by atoms with van der Waals surface area (Å²) in [5.74, 6) is 0.331. The van der Waals surface area contributed by atoms with Gasteiger partial charge in [-0.2, -0.15) is 0 Å². The van der Waals surface area contributed by atoms with Gasteiger partial charge in [0.25, 0.3) is 0 Å². The van der Waals surface area contributed by atoms with Gasteiger partial charge in [-0.05, 0) is 5.92 Å². The zero-order valence-electron chi connectivity index (χ0n) is 9.95. The van der Waals surface area contributed by atoms with Crippen molar-refractivity contribution in [2.24, 2.45) is 5.92 Å². The molecule has 0 aliphatic carbocycles. The van der Waals surface area contributed by atoms with Gasteiger partial charge >= 0.3 is 5.97 Å². The molecule has 0 fully saturated rings. The third-order valence-corrected chi connectivity index (χ3v) is 2.00. The Bertz CT molecular complexity index is 159. The summed E-state index contributed by atoms with van der Waals surface area (Å²) in [6.07, 6.45) is 1.13. The number of rotatable bonds is 9. The Morgan fingerprint density at radius 2 is 1.73 bits per heavy atom. The van der Waals surface area contributed by atoms with E-state index in [1.54, 1.807) is 0 Å². The van der Waals surface area contributed by atoms with Gasteiger partial charge in [0.2, 0.25) is 0 Å². The number of carbonyl (C=O) groups is 1. The molecule has 15 heavy (non-hydrogen) atoms. The second kappa shape index (κ2) is 9.93. The number of carbonyl (C=O) groups excluding carboxylic acids is 1. The second-order valence-corrected chi connectivity index (χ2v) is 3.54. The maximum Gasteiger partial charge on any atom is 0.302 e. The Morgan fingerprint density at radius 3 is 2.33 bits per heavy atom. The lowest BCUT2D eigenvalue weighted by Crippen LogP contribution is -2.13. The summed E-state index contributed by atoms with van der Waals surface area (Å²) in [7, 11) is 0. The molecule has 4 nitrogen and oxygen atoms in total. The van der Waals surface area contributed by atoms with E-state index >= 15 is 0 Å². The minimum absolute atomic E-state index is 0.272. The van der Waals surface area contributed by atoms with Crippen LogP contribution in [0.5, 0.6) is 0 Å². The van der Waals surface area contributed by atoms with Crippen LogP contribution < -0.4 is 0 Å². The third kappa shape index (κ3) is 11.3. The summed E-state index contributed by atoms with van der Waals surface area (Å²) in [5, 5.41) is 0. The van der Waals surface area contributed by atoms with Crippen molar-refractivity contribution in [1.29, 1.82) is 0 Å². The lowest BCUT2D eigenvalue weighted by Gasteiger charge is -2.09. The Labute approximate surface area is 91.9 Å². The van der Waals surface area contributed by atoms with E-state index in [1.165, 1.54) is 6.92 Å². The van der Waals surface area contributed by atoms with Crippen molar-refractivity contribution in [3.05, 3.63) is 0 Å². The average molecular weight is 218 g/mol. The van der Waals surface area contributed by atoms with E-state index in [2.05, 4.69) is 13.8 Å². The van der Waals surface area contributed by atoms with Crippen LogP contribution >= 0.6 is 0 Å². The molecule has 1 atom stereocenters. The van der Waals surface area contributed by atoms with Crippen molar-refractivity contribution < 1.29 is 19.0 Å². The van der Waals surface area contributed by atoms with Crippen LogP contribution in [0.4, 0.5) is 0 Å². The second-order valence-electron chi connectivity index (χ2n) is 3.54. The number of ether oxygens (including phenoxy) is 3. The Kier molecular flexibility index (Phi) is 9.52. The lowest BCUT2D eigenvalue weighted by molar-refractivity contribution is -0.142. The van der Waals surface area contributed by atoms with Gasteiger partial charge in [0.05, 0.1) is 19.8 Å². The van der Waals surface area contributed by atoms with Crippen LogP contribution in [0.15, 0.2) is 0 Å². The fraction of sp³-hybridized carbons (Fsp3) is 0.909. The standard InChI is InChI=1S/C11H22O4/c1-4-10(2)9-14-6-5-13-7-8-15-11(3)12/h10H,4-9H2,1-3H3. The van der Waals surface area contributed by atoms with E-state index in [4.69, 9.17) is 14.2 Å². The first-order valence-corrected chi connectivity index (χ1v) is 5.45. The van der Waals surface area contributed by atoms with Gasteiger partial charge < -0.3 is 14.2 Å². The van der Waals surface area contributed by atoms with Crippen molar-refractivity contribution in [2.75, 3.05) is 33.0 Å². The van der Waals surface area contributed by atoms with Gasteiger partial charge in [0.1, 0.15) is 6.61 Å². The number of hydrogen-bond donors (Lipinski definition) is 0. The van der Waals surface area contributed by atoms with Crippen LogP contribution in [-0.2, 0) is 19.0 Å². The van der Waals surface area contributed by atoms with Crippen LogP contribution in [0.1, 0.15) is 27.2 Å². The highest BCUT2D eigenvalue weighted by atomic mass is 16.6. The maximum atomic E-state index is 10.4. The van der Waals surface area contributed by atoms with E-state index in [9.17, 15) is 4.79 Å². The zero-order valence-corrected chi connectivity index (χ0v) is 9.95. The monoisotopic (exact) mass is 218 g/mol. The molecule has 0 aromatic heterocycles. The maximum absolute atomic E-state index is 10.4. The summed E-state index contributed by atoms with van der Waals surface area (Å²) < 4.78 is 15.3. The van der Waals surface area contributed by atoms with Gasteiger partial charge in [0.15, 0.2) is 0 Å². The van der Waals surface area contributed by atoms with Crippen molar-refractivity contribution in [3.63, 3.8) is 0 Å². The Balaban J connectivity index is 3.02. The fourth-order valence-electron chi connectivity index (χ4n) is 0.867. The van der Waals surface area contributed by atoms with E-state index < -0.39 is 0 Å². The zero-order chi connectivity index (χ0) is 11.5. The molecule has 90 valence electrons. The molecule has 0 saturated heterocycles. The fourth-order valence-corrected chi connectivity index (χ4v) is 0.867. The first-order valence-electron chi connectivity index (χ1n) is 5.45. The summed E-state index contributed by atoms with van der Waals surface area (Å²) in [6.45, 7) is 8.37. The molecule has 0 radical (unpaired) electrons. The third-order valence-electron chi connectivity index (χ3n) is 2.00. The van der Waals surface area contributed by atoms with E-state index in [0.29, 0.717) is 32.3 Å². The summed E-state index contributed by atoms with van der Waals surface area (Å²) >= 11 is 0. The first-order chi connectivity index (χ1) is 7.16. The van der Waals surface area contributed by atoms with Crippen LogP contribution in [-0.4, -0.2) is 39.0 Å². The van der Waals surface area contributed by atoms with E-state index in [1.807, 2.05) is 0 Å². The molecule has 0 rings (SSSR count). The molecule has 0 saturated carbocycles. The molecule has 0 aromatic carbocycles. The van der Waals surface area contributed by atoms with Crippen molar-refractivity contribution >= 4 is 5.97 Å². The molecular weight excluding hydrogens is 196 g/mol. The molecule has 0 aromatic rings. The summed E-state index contributed by atoms with van der Waals surface area (Å²) in [5.41, 5.74) is 0. The number of hydrogen-bond acceptors (Lipinski definition) is 4. The molecule has 0 aliphatic heterocycles. The largest absolute Gasteiger partial charge is 0.463 e. The highest BCUT2D eigenvalue weighted by Gasteiger charge is 1.98. The molecule has 0 N–H and O–H groups in total. The van der Waals surface area contributed by atoms with Crippen LogP contribution in [0, 0.1) is 5.92 Å². The SMILES string of the molecule is CCC(C)COCCOCCOC(C)=O. The van der Waals surface area contributed by atoms with Crippen molar-refractivity contribution in [3.8, 4) is 0 Å². The lowest BCUT2D eigenvalue weighted by atomic mass is 10.1. The van der Waals surface area contributed by atoms with Gasteiger partial charge in [0, 0.05) is 13.5 Å².